The summed E-state index contributed by atoms with van der Waals surface area (Å²) in [5, 5.41) is 5.82. The number of carbonyl (C=O) groups is 1. The van der Waals surface area contributed by atoms with Crippen molar-refractivity contribution in [3.63, 3.8) is 0 Å². The van der Waals surface area contributed by atoms with Crippen LogP contribution in [-0.2, 0) is 13.1 Å². The average Bonchev–Trinajstić information content (AvgIpc) is 2.65. The van der Waals surface area contributed by atoms with E-state index in [4.69, 9.17) is 0 Å². The van der Waals surface area contributed by atoms with Crippen molar-refractivity contribution >= 4 is 6.03 Å². The van der Waals surface area contributed by atoms with Gasteiger partial charge in [-0.2, -0.15) is 0 Å². The number of aryl methyl sites for hydroxylation is 1. The smallest absolute Gasteiger partial charge is 0.315 e. The third-order valence-corrected chi connectivity index (χ3v) is 4.69. The Kier molecular flexibility index (Phi) is 6.34. The molecule has 0 saturated carbocycles. The largest absolute Gasteiger partial charge is 0.335 e. The SMILES string of the molecule is Cc1cccc(CNC(=O)NC2CCN(Cc3ccc(F)c(F)c3)CC2)n1. The van der Waals surface area contributed by atoms with Gasteiger partial charge in [0, 0.05) is 31.4 Å². The number of piperidine rings is 1. The van der Waals surface area contributed by atoms with Gasteiger partial charge in [-0.1, -0.05) is 12.1 Å². The second kappa shape index (κ2) is 8.90. The lowest BCUT2D eigenvalue weighted by Crippen LogP contribution is -2.47. The van der Waals surface area contributed by atoms with Crippen molar-refractivity contribution in [1.29, 1.82) is 0 Å². The summed E-state index contributed by atoms with van der Waals surface area (Å²) >= 11 is 0. The maximum absolute atomic E-state index is 13.3. The molecular formula is C20H24F2N4O. The van der Waals surface area contributed by atoms with Crippen LogP contribution in [0.1, 0.15) is 29.8 Å². The van der Waals surface area contributed by atoms with Gasteiger partial charge in [-0.25, -0.2) is 13.6 Å². The highest BCUT2D eigenvalue weighted by Crippen LogP contribution is 2.16. The highest BCUT2D eigenvalue weighted by atomic mass is 19.2. The van der Waals surface area contributed by atoms with E-state index < -0.39 is 11.6 Å². The van der Waals surface area contributed by atoms with Crippen LogP contribution in [0.5, 0.6) is 0 Å². The zero-order valence-corrected chi connectivity index (χ0v) is 15.3. The first-order valence-corrected chi connectivity index (χ1v) is 9.13. The molecule has 27 heavy (non-hydrogen) atoms. The molecule has 2 heterocycles. The van der Waals surface area contributed by atoms with Crippen LogP contribution in [0.3, 0.4) is 0 Å². The molecule has 1 aliphatic heterocycles. The Labute approximate surface area is 157 Å². The number of rotatable bonds is 5. The van der Waals surface area contributed by atoms with Gasteiger partial charge in [0.2, 0.25) is 0 Å². The number of halogens is 2. The molecule has 0 spiro atoms. The summed E-state index contributed by atoms with van der Waals surface area (Å²) in [6.07, 6.45) is 1.64. The van der Waals surface area contributed by atoms with E-state index in [1.165, 1.54) is 6.07 Å². The fourth-order valence-electron chi connectivity index (χ4n) is 3.24. The lowest BCUT2D eigenvalue weighted by atomic mass is 10.0. The predicted molar refractivity (Wildman–Crippen MR) is 99.0 cm³/mol. The minimum absolute atomic E-state index is 0.108. The highest BCUT2D eigenvalue weighted by molar-refractivity contribution is 5.74. The molecule has 0 radical (unpaired) electrons. The topological polar surface area (TPSA) is 57.3 Å². The molecule has 2 aromatic rings. The van der Waals surface area contributed by atoms with E-state index in [0.717, 1.165) is 48.9 Å². The van der Waals surface area contributed by atoms with E-state index in [1.807, 2.05) is 25.1 Å². The fourth-order valence-corrected chi connectivity index (χ4v) is 3.24. The van der Waals surface area contributed by atoms with Crippen LogP contribution in [0, 0.1) is 18.6 Å². The number of amides is 2. The molecule has 3 rings (SSSR count). The average molecular weight is 374 g/mol. The lowest BCUT2D eigenvalue weighted by Gasteiger charge is -2.32. The number of pyridine rings is 1. The van der Waals surface area contributed by atoms with Crippen molar-refractivity contribution in [2.75, 3.05) is 13.1 Å². The number of carbonyl (C=O) groups excluding carboxylic acids is 1. The van der Waals surface area contributed by atoms with E-state index in [2.05, 4.69) is 20.5 Å². The summed E-state index contributed by atoms with van der Waals surface area (Å²) in [4.78, 5) is 18.6. The fraction of sp³-hybridized carbons (Fsp3) is 0.400. The van der Waals surface area contributed by atoms with Crippen LogP contribution >= 0.6 is 0 Å². The van der Waals surface area contributed by atoms with E-state index in [9.17, 15) is 13.6 Å². The van der Waals surface area contributed by atoms with Gasteiger partial charge in [-0.15, -0.1) is 0 Å². The Bertz CT molecular complexity index is 791. The Morgan fingerprint density at radius 2 is 1.96 bits per heavy atom. The monoisotopic (exact) mass is 374 g/mol. The zero-order chi connectivity index (χ0) is 19.2. The minimum atomic E-state index is -0.825. The third kappa shape index (κ3) is 5.72. The molecule has 144 valence electrons. The molecule has 0 unspecified atom stereocenters. The molecule has 1 aromatic heterocycles. The minimum Gasteiger partial charge on any atom is -0.335 e. The number of urea groups is 1. The van der Waals surface area contributed by atoms with Crippen LogP contribution in [0.2, 0.25) is 0 Å². The molecule has 7 heteroatoms. The van der Waals surface area contributed by atoms with Crippen LogP contribution in [-0.4, -0.2) is 35.0 Å². The number of likely N-dealkylation sites (tertiary alicyclic amines) is 1. The van der Waals surface area contributed by atoms with Crippen molar-refractivity contribution in [3.8, 4) is 0 Å². The molecule has 2 amide bonds. The number of aromatic nitrogens is 1. The van der Waals surface area contributed by atoms with Crippen molar-refractivity contribution in [2.24, 2.45) is 0 Å². The summed E-state index contributed by atoms with van der Waals surface area (Å²) in [6, 6.07) is 9.63. The summed E-state index contributed by atoms with van der Waals surface area (Å²) in [7, 11) is 0. The van der Waals surface area contributed by atoms with E-state index in [0.29, 0.717) is 13.1 Å². The summed E-state index contributed by atoms with van der Waals surface area (Å²) in [5.74, 6) is -1.64. The lowest BCUT2D eigenvalue weighted by molar-refractivity contribution is 0.186. The van der Waals surface area contributed by atoms with Gasteiger partial charge in [-0.3, -0.25) is 9.88 Å². The van der Waals surface area contributed by atoms with Crippen molar-refractivity contribution in [3.05, 3.63) is 65.0 Å². The molecule has 0 aliphatic carbocycles. The molecule has 1 saturated heterocycles. The van der Waals surface area contributed by atoms with Gasteiger partial charge in [-0.05, 0) is 49.6 Å². The number of nitrogens with zero attached hydrogens (tertiary/aromatic N) is 2. The van der Waals surface area contributed by atoms with Crippen LogP contribution in [0.25, 0.3) is 0 Å². The van der Waals surface area contributed by atoms with Gasteiger partial charge >= 0.3 is 6.03 Å². The first-order chi connectivity index (χ1) is 13.0. The molecule has 1 fully saturated rings. The Morgan fingerprint density at radius 3 is 2.67 bits per heavy atom. The number of benzene rings is 1. The van der Waals surface area contributed by atoms with Crippen LogP contribution in [0.4, 0.5) is 13.6 Å². The van der Waals surface area contributed by atoms with Crippen LogP contribution < -0.4 is 10.6 Å². The van der Waals surface area contributed by atoms with E-state index in [1.54, 1.807) is 6.07 Å². The molecule has 5 nitrogen and oxygen atoms in total. The second-order valence-electron chi connectivity index (χ2n) is 6.90. The van der Waals surface area contributed by atoms with Crippen molar-refractivity contribution in [2.45, 2.75) is 38.9 Å². The Hall–Kier alpha value is -2.54. The van der Waals surface area contributed by atoms with E-state index in [-0.39, 0.29) is 12.1 Å². The van der Waals surface area contributed by atoms with E-state index >= 15 is 0 Å². The third-order valence-electron chi connectivity index (χ3n) is 4.69. The summed E-state index contributed by atoms with van der Waals surface area (Å²) < 4.78 is 26.3. The highest BCUT2D eigenvalue weighted by Gasteiger charge is 2.21. The van der Waals surface area contributed by atoms with Gasteiger partial charge in [0.25, 0.3) is 0 Å². The number of nitrogens with one attached hydrogen (secondary N) is 2. The molecule has 0 bridgehead atoms. The van der Waals surface area contributed by atoms with Crippen molar-refractivity contribution < 1.29 is 13.6 Å². The normalized spacial score (nSPS) is 15.5. The Balaban J connectivity index is 1.39. The molecule has 1 aliphatic rings. The standard InChI is InChI=1S/C20H24F2N4O/c1-14-3-2-4-17(24-14)12-23-20(27)25-16-7-9-26(10-8-16)13-15-5-6-18(21)19(22)11-15/h2-6,11,16H,7-10,12-13H2,1H3,(H2,23,25,27). The van der Waals surface area contributed by atoms with Gasteiger partial charge in [0.05, 0.1) is 12.2 Å². The predicted octanol–water partition coefficient (Wildman–Crippen LogP) is 3.13. The van der Waals surface area contributed by atoms with Gasteiger partial charge in [0.1, 0.15) is 0 Å². The van der Waals surface area contributed by atoms with Crippen LogP contribution in [0.15, 0.2) is 36.4 Å². The maximum atomic E-state index is 13.3. The number of hydrogen-bond acceptors (Lipinski definition) is 3. The van der Waals surface area contributed by atoms with Gasteiger partial charge in [0.15, 0.2) is 11.6 Å². The number of hydrogen-bond donors (Lipinski definition) is 2. The van der Waals surface area contributed by atoms with Crippen molar-refractivity contribution in [1.82, 2.24) is 20.5 Å². The summed E-state index contributed by atoms with van der Waals surface area (Å²) in [6.45, 7) is 4.47. The van der Waals surface area contributed by atoms with Gasteiger partial charge < -0.3 is 10.6 Å². The first-order valence-electron chi connectivity index (χ1n) is 9.13. The quantitative estimate of drug-likeness (QED) is 0.845. The Morgan fingerprint density at radius 1 is 1.19 bits per heavy atom. The summed E-state index contributed by atoms with van der Waals surface area (Å²) in [5.41, 5.74) is 2.50. The molecule has 1 aromatic carbocycles. The molecular weight excluding hydrogens is 350 g/mol. The zero-order valence-electron chi connectivity index (χ0n) is 15.3. The molecule has 2 N–H and O–H groups in total. The molecule has 0 atom stereocenters. The second-order valence-corrected chi connectivity index (χ2v) is 6.90. The first kappa shape index (κ1) is 19.2. The maximum Gasteiger partial charge on any atom is 0.315 e.